The van der Waals surface area contributed by atoms with Gasteiger partial charge in [0.2, 0.25) is 5.88 Å². The highest BCUT2D eigenvalue weighted by atomic mass is 16.5. The molecule has 0 aromatic carbocycles. The fourth-order valence-corrected chi connectivity index (χ4v) is 1.30. The van der Waals surface area contributed by atoms with Gasteiger partial charge in [-0.05, 0) is 20.4 Å². The molecule has 0 radical (unpaired) electrons. The van der Waals surface area contributed by atoms with Crippen molar-refractivity contribution in [1.82, 2.24) is 15.3 Å². The number of rotatable bonds is 8. The quantitative estimate of drug-likeness (QED) is 0.765. The molecule has 0 atom stereocenters. The smallest absolute Gasteiger partial charge is 0.232 e. The first-order valence-electron chi connectivity index (χ1n) is 6.27. The van der Waals surface area contributed by atoms with E-state index in [2.05, 4.69) is 22.2 Å². The molecule has 1 aromatic heterocycles. The molecule has 5 heteroatoms. The fourth-order valence-electron chi connectivity index (χ4n) is 1.30. The van der Waals surface area contributed by atoms with Gasteiger partial charge in [0.05, 0.1) is 24.1 Å². The Morgan fingerprint density at radius 3 is 2.78 bits per heavy atom. The molecule has 0 saturated heterocycles. The number of nitrogens with one attached hydrogen (secondary N) is 1. The van der Waals surface area contributed by atoms with Crippen LogP contribution in [0.3, 0.4) is 0 Å². The first-order chi connectivity index (χ1) is 8.57. The minimum atomic E-state index is -0.172. The summed E-state index contributed by atoms with van der Waals surface area (Å²) in [7, 11) is 1.71. The van der Waals surface area contributed by atoms with Crippen molar-refractivity contribution in [2.75, 3.05) is 20.3 Å². The highest BCUT2D eigenvalue weighted by molar-refractivity contribution is 5.08. The summed E-state index contributed by atoms with van der Waals surface area (Å²) in [6.45, 7) is 8.31. The summed E-state index contributed by atoms with van der Waals surface area (Å²) in [5, 5.41) is 3.20. The molecule has 1 aromatic rings. The maximum atomic E-state index is 5.58. The molecule has 0 fully saturated rings. The lowest BCUT2D eigenvalue weighted by molar-refractivity contribution is 0.00503. The Kier molecular flexibility index (Phi) is 6.01. The zero-order valence-corrected chi connectivity index (χ0v) is 11.7. The van der Waals surface area contributed by atoms with Crippen LogP contribution in [0.25, 0.3) is 0 Å². The van der Waals surface area contributed by atoms with Gasteiger partial charge in [-0.3, -0.25) is 4.98 Å². The van der Waals surface area contributed by atoms with Gasteiger partial charge in [0.15, 0.2) is 0 Å². The van der Waals surface area contributed by atoms with E-state index >= 15 is 0 Å². The first kappa shape index (κ1) is 14.9. The number of methoxy groups -OCH3 is 1. The number of aromatic nitrogens is 2. The van der Waals surface area contributed by atoms with Crippen LogP contribution in [0.4, 0.5) is 0 Å². The Labute approximate surface area is 109 Å². The van der Waals surface area contributed by atoms with Crippen molar-refractivity contribution in [3.05, 3.63) is 18.1 Å². The van der Waals surface area contributed by atoms with Crippen molar-refractivity contribution in [2.45, 2.75) is 39.3 Å². The number of ether oxygens (including phenoxy) is 2. The van der Waals surface area contributed by atoms with E-state index in [0.717, 1.165) is 18.7 Å². The van der Waals surface area contributed by atoms with Crippen molar-refractivity contribution in [2.24, 2.45) is 0 Å². The lowest BCUT2D eigenvalue weighted by atomic mass is 10.1. The Bertz CT molecular complexity index is 356. The van der Waals surface area contributed by atoms with Crippen LogP contribution in [0.15, 0.2) is 12.4 Å². The van der Waals surface area contributed by atoms with Gasteiger partial charge in [-0.1, -0.05) is 6.92 Å². The maximum Gasteiger partial charge on any atom is 0.232 e. The van der Waals surface area contributed by atoms with Gasteiger partial charge in [0.25, 0.3) is 0 Å². The van der Waals surface area contributed by atoms with Crippen molar-refractivity contribution in [3.8, 4) is 5.88 Å². The fraction of sp³-hybridized carbons (Fsp3) is 0.692. The molecule has 0 saturated carbocycles. The van der Waals surface area contributed by atoms with Crippen LogP contribution < -0.4 is 10.1 Å². The largest absolute Gasteiger partial charge is 0.476 e. The van der Waals surface area contributed by atoms with E-state index < -0.39 is 0 Å². The molecule has 1 rings (SSSR count). The van der Waals surface area contributed by atoms with Gasteiger partial charge < -0.3 is 14.8 Å². The van der Waals surface area contributed by atoms with E-state index in [0.29, 0.717) is 19.0 Å². The van der Waals surface area contributed by atoms with E-state index in [4.69, 9.17) is 9.47 Å². The predicted molar refractivity (Wildman–Crippen MR) is 70.6 cm³/mol. The number of hydrogen-bond acceptors (Lipinski definition) is 5. The van der Waals surface area contributed by atoms with Gasteiger partial charge in [-0.25, -0.2) is 4.98 Å². The molecular weight excluding hydrogens is 230 g/mol. The molecule has 1 heterocycles. The average molecular weight is 253 g/mol. The topological polar surface area (TPSA) is 56.3 Å². The number of nitrogens with zero attached hydrogens (tertiary/aromatic N) is 2. The molecule has 0 aliphatic carbocycles. The Morgan fingerprint density at radius 2 is 2.11 bits per heavy atom. The molecular formula is C13H23N3O2. The highest BCUT2D eigenvalue weighted by Crippen LogP contribution is 2.14. The summed E-state index contributed by atoms with van der Waals surface area (Å²) >= 11 is 0. The minimum absolute atomic E-state index is 0.172. The van der Waals surface area contributed by atoms with E-state index in [9.17, 15) is 0 Å². The van der Waals surface area contributed by atoms with Crippen molar-refractivity contribution < 1.29 is 9.47 Å². The van der Waals surface area contributed by atoms with Crippen LogP contribution in [0, 0.1) is 0 Å². The molecule has 0 amide bonds. The third-order valence-electron chi connectivity index (χ3n) is 2.73. The molecule has 18 heavy (non-hydrogen) atoms. The third kappa shape index (κ3) is 5.42. The van der Waals surface area contributed by atoms with Crippen LogP contribution in [-0.4, -0.2) is 35.8 Å². The van der Waals surface area contributed by atoms with Crippen molar-refractivity contribution >= 4 is 0 Å². The lowest BCUT2D eigenvalue weighted by Gasteiger charge is -2.22. The predicted octanol–water partition coefficient (Wildman–Crippen LogP) is 1.78. The third-order valence-corrected chi connectivity index (χ3v) is 2.73. The summed E-state index contributed by atoms with van der Waals surface area (Å²) in [5.41, 5.74) is 0.717. The van der Waals surface area contributed by atoms with E-state index in [1.165, 1.54) is 0 Å². The second-order valence-corrected chi connectivity index (χ2v) is 4.69. The van der Waals surface area contributed by atoms with Crippen LogP contribution in [0.5, 0.6) is 5.88 Å². The SMILES string of the molecule is CCNCc1cncc(OCCC(C)(C)OC)n1. The van der Waals surface area contributed by atoms with Crippen LogP contribution in [0.2, 0.25) is 0 Å². The van der Waals surface area contributed by atoms with Gasteiger partial charge in [0, 0.05) is 26.3 Å². The van der Waals surface area contributed by atoms with E-state index in [1.54, 1.807) is 19.5 Å². The molecule has 0 unspecified atom stereocenters. The Hall–Kier alpha value is -1.20. The van der Waals surface area contributed by atoms with Crippen LogP contribution >= 0.6 is 0 Å². The van der Waals surface area contributed by atoms with Crippen molar-refractivity contribution in [1.29, 1.82) is 0 Å². The summed E-state index contributed by atoms with van der Waals surface area (Å²) in [4.78, 5) is 8.48. The maximum absolute atomic E-state index is 5.58. The monoisotopic (exact) mass is 253 g/mol. The average Bonchev–Trinajstić information content (AvgIpc) is 2.37. The molecule has 0 aliphatic heterocycles. The van der Waals surface area contributed by atoms with Gasteiger partial charge in [-0.2, -0.15) is 0 Å². The second kappa shape index (κ2) is 7.28. The summed E-state index contributed by atoms with van der Waals surface area (Å²) in [6.07, 6.45) is 4.19. The van der Waals surface area contributed by atoms with E-state index in [1.807, 2.05) is 13.8 Å². The Morgan fingerprint density at radius 1 is 1.33 bits per heavy atom. The van der Waals surface area contributed by atoms with Crippen LogP contribution in [-0.2, 0) is 11.3 Å². The summed E-state index contributed by atoms with van der Waals surface area (Å²) in [6, 6.07) is 0. The second-order valence-electron chi connectivity index (χ2n) is 4.69. The molecule has 5 nitrogen and oxygen atoms in total. The lowest BCUT2D eigenvalue weighted by Crippen LogP contribution is -2.25. The molecule has 102 valence electrons. The van der Waals surface area contributed by atoms with Gasteiger partial charge in [-0.15, -0.1) is 0 Å². The molecule has 0 aliphatic rings. The first-order valence-corrected chi connectivity index (χ1v) is 6.27. The standard InChI is InChI=1S/C13H23N3O2/c1-5-14-8-11-9-15-10-12(16-11)18-7-6-13(2,3)17-4/h9-10,14H,5-8H2,1-4H3. The van der Waals surface area contributed by atoms with Gasteiger partial charge >= 0.3 is 0 Å². The highest BCUT2D eigenvalue weighted by Gasteiger charge is 2.16. The summed E-state index contributed by atoms with van der Waals surface area (Å²) < 4.78 is 10.9. The molecule has 1 N–H and O–H groups in total. The summed E-state index contributed by atoms with van der Waals surface area (Å²) in [5.74, 6) is 0.567. The van der Waals surface area contributed by atoms with Crippen molar-refractivity contribution in [3.63, 3.8) is 0 Å². The van der Waals surface area contributed by atoms with Gasteiger partial charge in [0.1, 0.15) is 0 Å². The number of hydrogen-bond donors (Lipinski definition) is 1. The Balaban J connectivity index is 2.42. The van der Waals surface area contributed by atoms with Crippen LogP contribution in [0.1, 0.15) is 32.9 Å². The zero-order chi connectivity index (χ0) is 13.4. The molecule has 0 bridgehead atoms. The molecule has 0 spiro atoms. The van der Waals surface area contributed by atoms with E-state index in [-0.39, 0.29) is 5.60 Å². The zero-order valence-electron chi connectivity index (χ0n) is 11.7. The minimum Gasteiger partial charge on any atom is -0.476 e. The normalized spacial score (nSPS) is 11.6.